The van der Waals surface area contributed by atoms with E-state index in [9.17, 15) is 4.79 Å². The van der Waals surface area contributed by atoms with Crippen LogP contribution in [-0.2, 0) is 11.3 Å². The Morgan fingerprint density at radius 3 is 2.78 bits per heavy atom. The van der Waals surface area contributed by atoms with Crippen LogP contribution >= 0.6 is 11.3 Å². The number of hydrogen-bond donors (Lipinski definition) is 1. The normalized spacial score (nSPS) is 11.6. The molecule has 0 aliphatic heterocycles. The van der Waals surface area contributed by atoms with Gasteiger partial charge in [0.15, 0.2) is 0 Å². The molecule has 2 aromatic rings. The van der Waals surface area contributed by atoms with Crippen molar-refractivity contribution in [3.63, 3.8) is 0 Å². The van der Waals surface area contributed by atoms with Crippen molar-refractivity contribution in [1.82, 2.24) is 4.90 Å². The van der Waals surface area contributed by atoms with Gasteiger partial charge in [0.1, 0.15) is 0 Å². The second-order valence-electron chi connectivity index (χ2n) is 4.65. The third-order valence-corrected chi connectivity index (χ3v) is 4.02. The van der Waals surface area contributed by atoms with Gasteiger partial charge in [0.25, 0.3) is 0 Å². The molecule has 3 nitrogen and oxygen atoms in total. The first kappa shape index (κ1) is 13.1. The quantitative estimate of drug-likeness (QED) is 0.900. The second kappa shape index (κ2) is 5.50. The Hall–Kier alpha value is -1.39. The van der Waals surface area contributed by atoms with Crippen LogP contribution in [0.1, 0.15) is 19.4 Å². The zero-order chi connectivity index (χ0) is 13.1. The smallest absolute Gasteiger partial charge is 0.317 e. The Kier molecular flexibility index (Phi) is 3.99. The number of benzene rings is 1. The van der Waals surface area contributed by atoms with Crippen molar-refractivity contribution in [2.75, 3.05) is 6.54 Å². The molecule has 1 N–H and O–H groups in total. The number of carbonyl (C=O) groups is 1. The molecule has 0 amide bonds. The summed E-state index contributed by atoms with van der Waals surface area (Å²) in [5, 5.41) is 12.3. The first-order valence-corrected chi connectivity index (χ1v) is 6.87. The molecule has 0 saturated heterocycles. The molecule has 2 rings (SSSR count). The van der Waals surface area contributed by atoms with E-state index in [0.29, 0.717) is 6.54 Å². The van der Waals surface area contributed by atoms with E-state index >= 15 is 0 Å². The summed E-state index contributed by atoms with van der Waals surface area (Å²) < 4.78 is 1.26. The SMILES string of the molecule is CC(C)N(CC(=O)O)Cc1csc2ccccc12. The van der Waals surface area contributed by atoms with Crippen LogP contribution in [0.15, 0.2) is 29.6 Å². The second-order valence-corrected chi connectivity index (χ2v) is 5.56. The molecule has 0 spiro atoms. The Labute approximate surface area is 111 Å². The predicted octanol–water partition coefficient (Wildman–Crippen LogP) is 3.20. The first-order chi connectivity index (χ1) is 8.58. The third kappa shape index (κ3) is 2.89. The lowest BCUT2D eigenvalue weighted by Gasteiger charge is -2.24. The van der Waals surface area contributed by atoms with Crippen molar-refractivity contribution >= 4 is 27.4 Å². The molecule has 0 saturated carbocycles. The van der Waals surface area contributed by atoms with E-state index in [2.05, 4.69) is 17.5 Å². The van der Waals surface area contributed by atoms with Crippen LogP contribution in [0, 0.1) is 0 Å². The van der Waals surface area contributed by atoms with E-state index in [4.69, 9.17) is 5.11 Å². The van der Waals surface area contributed by atoms with Crippen LogP contribution < -0.4 is 0 Å². The molecule has 0 unspecified atom stereocenters. The van der Waals surface area contributed by atoms with E-state index in [1.807, 2.05) is 30.9 Å². The molecule has 18 heavy (non-hydrogen) atoms. The lowest BCUT2D eigenvalue weighted by atomic mass is 10.1. The maximum absolute atomic E-state index is 10.9. The molecule has 4 heteroatoms. The van der Waals surface area contributed by atoms with Gasteiger partial charge in [-0.25, -0.2) is 0 Å². The van der Waals surface area contributed by atoms with Gasteiger partial charge in [0.05, 0.1) is 6.54 Å². The van der Waals surface area contributed by atoms with E-state index in [1.165, 1.54) is 15.6 Å². The maximum Gasteiger partial charge on any atom is 0.317 e. The lowest BCUT2D eigenvalue weighted by Crippen LogP contribution is -2.34. The number of nitrogens with zero attached hydrogens (tertiary/aromatic N) is 1. The highest BCUT2D eigenvalue weighted by atomic mass is 32.1. The van der Waals surface area contributed by atoms with Gasteiger partial charge in [-0.3, -0.25) is 9.69 Å². The molecule has 0 aliphatic carbocycles. The van der Waals surface area contributed by atoms with Crippen LogP contribution in [0.3, 0.4) is 0 Å². The first-order valence-electron chi connectivity index (χ1n) is 5.99. The number of thiophene rings is 1. The molecule has 0 radical (unpaired) electrons. The zero-order valence-corrected chi connectivity index (χ0v) is 11.4. The summed E-state index contributed by atoms with van der Waals surface area (Å²) in [5.41, 5.74) is 1.21. The van der Waals surface area contributed by atoms with Gasteiger partial charge in [0, 0.05) is 17.3 Å². The van der Waals surface area contributed by atoms with Crippen molar-refractivity contribution in [3.8, 4) is 0 Å². The van der Waals surface area contributed by atoms with Crippen LogP contribution in [-0.4, -0.2) is 28.6 Å². The molecule has 0 atom stereocenters. The van der Waals surface area contributed by atoms with E-state index < -0.39 is 5.97 Å². The fourth-order valence-corrected chi connectivity index (χ4v) is 2.92. The van der Waals surface area contributed by atoms with Crippen molar-refractivity contribution in [2.45, 2.75) is 26.4 Å². The molecule has 0 bridgehead atoms. The Morgan fingerprint density at radius 2 is 2.11 bits per heavy atom. The monoisotopic (exact) mass is 263 g/mol. The average Bonchev–Trinajstić information content (AvgIpc) is 2.71. The summed E-state index contributed by atoms with van der Waals surface area (Å²) in [5.74, 6) is -0.775. The number of rotatable bonds is 5. The maximum atomic E-state index is 10.9. The minimum Gasteiger partial charge on any atom is -0.480 e. The number of carboxylic acid groups (broad SMARTS) is 1. The lowest BCUT2D eigenvalue weighted by molar-refractivity contribution is -0.138. The highest BCUT2D eigenvalue weighted by Gasteiger charge is 2.15. The van der Waals surface area contributed by atoms with Crippen molar-refractivity contribution in [3.05, 3.63) is 35.2 Å². The fourth-order valence-electron chi connectivity index (χ4n) is 1.97. The van der Waals surface area contributed by atoms with Gasteiger partial charge < -0.3 is 5.11 Å². The van der Waals surface area contributed by atoms with Crippen molar-refractivity contribution in [2.24, 2.45) is 0 Å². The summed E-state index contributed by atoms with van der Waals surface area (Å²) in [6.45, 7) is 4.82. The number of aliphatic carboxylic acids is 1. The van der Waals surface area contributed by atoms with Crippen molar-refractivity contribution < 1.29 is 9.90 Å². The Morgan fingerprint density at radius 1 is 1.39 bits per heavy atom. The molecular weight excluding hydrogens is 246 g/mol. The minimum atomic E-state index is -0.775. The number of carboxylic acids is 1. The summed E-state index contributed by atoms with van der Waals surface area (Å²) in [7, 11) is 0. The molecule has 96 valence electrons. The largest absolute Gasteiger partial charge is 0.480 e. The summed E-state index contributed by atoms with van der Waals surface area (Å²) in [6, 6.07) is 8.47. The van der Waals surface area contributed by atoms with E-state index in [1.54, 1.807) is 11.3 Å². The van der Waals surface area contributed by atoms with Gasteiger partial charge in [-0.05, 0) is 36.2 Å². The standard InChI is InChI=1S/C14H17NO2S/c1-10(2)15(8-14(16)17)7-11-9-18-13-6-4-3-5-12(11)13/h3-6,9-10H,7-8H2,1-2H3,(H,16,17). The molecular formula is C14H17NO2S. The summed E-state index contributed by atoms with van der Waals surface area (Å²) >= 11 is 1.71. The fraction of sp³-hybridized carbons (Fsp3) is 0.357. The van der Waals surface area contributed by atoms with Crippen molar-refractivity contribution in [1.29, 1.82) is 0 Å². The van der Waals surface area contributed by atoms with E-state index in [-0.39, 0.29) is 12.6 Å². The third-order valence-electron chi connectivity index (χ3n) is 3.00. The molecule has 1 aromatic heterocycles. The minimum absolute atomic E-state index is 0.0852. The Balaban J connectivity index is 2.23. The van der Waals surface area contributed by atoms with Gasteiger partial charge in [-0.2, -0.15) is 0 Å². The van der Waals surface area contributed by atoms with Gasteiger partial charge in [-0.15, -0.1) is 11.3 Å². The topological polar surface area (TPSA) is 40.5 Å². The highest BCUT2D eigenvalue weighted by Crippen LogP contribution is 2.27. The number of fused-ring (bicyclic) bond motifs is 1. The van der Waals surface area contributed by atoms with Crippen LogP contribution in [0.2, 0.25) is 0 Å². The van der Waals surface area contributed by atoms with Crippen LogP contribution in [0.5, 0.6) is 0 Å². The zero-order valence-electron chi connectivity index (χ0n) is 10.6. The molecule has 1 heterocycles. The molecule has 0 fully saturated rings. The molecule has 1 aromatic carbocycles. The van der Waals surface area contributed by atoms with E-state index in [0.717, 1.165) is 0 Å². The predicted molar refractivity (Wildman–Crippen MR) is 75.0 cm³/mol. The number of hydrogen-bond acceptors (Lipinski definition) is 3. The average molecular weight is 263 g/mol. The van der Waals surface area contributed by atoms with Gasteiger partial charge >= 0.3 is 5.97 Å². The summed E-state index contributed by atoms with van der Waals surface area (Å²) in [6.07, 6.45) is 0. The molecule has 0 aliphatic rings. The van der Waals surface area contributed by atoms with Crippen LogP contribution in [0.4, 0.5) is 0 Å². The highest BCUT2D eigenvalue weighted by molar-refractivity contribution is 7.17. The summed E-state index contributed by atoms with van der Waals surface area (Å²) in [4.78, 5) is 12.8. The van der Waals surface area contributed by atoms with Gasteiger partial charge in [-0.1, -0.05) is 18.2 Å². The van der Waals surface area contributed by atoms with Gasteiger partial charge in [0.2, 0.25) is 0 Å². The Bertz CT molecular complexity index is 547. The van der Waals surface area contributed by atoms with Crippen LogP contribution in [0.25, 0.3) is 10.1 Å².